The van der Waals surface area contributed by atoms with Gasteiger partial charge in [-0.05, 0) is 31.2 Å². The number of halogens is 1. The molecule has 2 aromatic carbocycles. The molecule has 1 saturated heterocycles. The number of aryl methyl sites for hydroxylation is 1. The van der Waals surface area contributed by atoms with Gasteiger partial charge in [0.1, 0.15) is 5.56 Å². The molecule has 1 atom stereocenters. The fraction of sp³-hybridized carbons (Fsp3) is 0.263. The second-order valence-corrected chi connectivity index (χ2v) is 6.98. The molecule has 3 rings (SSSR count). The highest BCUT2D eigenvalue weighted by atomic mass is 35.5. The first kappa shape index (κ1) is 18.8. The summed E-state index contributed by atoms with van der Waals surface area (Å²) in [5.41, 5.74) is 1.54. The van der Waals surface area contributed by atoms with Gasteiger partial charge in [-0.25, -0.2) is 0 Å². The van der Waals surface area contributed by atoms with Crippen molar-refractivity contribution in [3.8, 4) is 0 Å². The number of hydrogen-bond acceptors (Lipinski definition) is 4. The number of nitro groups is 1. The number of anilines is 1. The zero-order chi connectivity index (χ0) is 19.6. The zero-order valence-corrected chi connectivity index (χ0v) is 15.4. The van der Waals surface area contributed by atoms with E-state index in [0.29, 0.717) is 13.0 Å². The molecule has 2 amide bonds. The van der Waals surface area contributed by atoms with Crippen LogP contribution in [0.25, 0.3) is 0 Å². The fourth-order valence-corrected chi connectivity index (χ4v) is 3.25. The van der Waals surface area contributed by atoms with Crippen molar-refractivity contribution >= 4 is 34.8 Å². The molecule has 0 aromatic heterocycles. The third kappa shape index (κ3) is 4.25. The molecule has 0 saturated carbocycles. The summed E-state index contributed by atoms with van der Waals surface area (Å²) in [5.74, 6) is -0.654. The van der Waals surface area contributed by atoms with Gasteiger partial charge >= 0.3 is 0 Å². The molecule has 0 bridgehead atoms. The van der Waals surface area contributed by atoms with E-state index < -0.39 is 10.8 Å². The van der Waals surface area contributed by atoms with Crippen LogP contribution in [0.1, 0.15) is 22.3 Å². The van der Waals surface area contributed by atoms with Crippen LogP contribution in [0.3, 0.4) is 0 Å². The number of nitro benzene ring substituents is 1. The number of benzene rings is 2. The maximum atomic E-state index is 12.4. The third-order valence-corrected chi connectivity index (χ3v) is 4.74. The van der Waals surface area contributed by atoms with Crippen LogP contribution < -0.4 is 10.2 Å². The van der Waals surface area contributed by atoms with Crippen LogP contribution in [-0.2, 0) is 4.79 Å². The Morgan fingerprint density at radius 3 is 2.67 bits per heavy atom. The number of carbonyl (C=O) groups is 2. The van der Waals surface area contributed by atoms with Gasteiger partial charge in [0.25, 0.3) is 11.6 Å². The topological polar surface area (TPSA) is 92.6 Å². The van der Waals surface area contributed by atoms with Crippen molar-refractivity contribution in [3.05, 3.63) is 68.7 Å². The first-order valence-electron chi connectivity index (χ1n) is 8.44. The minimum absolute atomic E-state index is 0.00756. The van der Waals surface area contributed by atoms with Crippen molar-refractivity contribution in [2.24, 2.45) is 5.92 Å². The molecule has 8 heteroatoms. The van der Waals surface area contributed by atoms with Crippen molar-refractivity contribution in [3.63, 3.8) is 0 Å². The number of rotatable bonds is 5. The molecule has 1 aliphatic rings. The van der Waals surface area contributed by atoms with Crippen LogP contribution in [0.5, 0.6) is 0 Å². The molecular weight excluding hydrogens is 370 g/mol. The van der Waals surface area contributed by atoms with Gasteiger partial charge in [0.15, 0.2) is 0 Å². The van der Waals surface area contributed by atoms with E-state index in [1.165, 1.54) is 18.2 Å². The molecule has 140 valence electrons. The van der Waals surface area contributed by atoms with E-state index in [-0.39, 0.29) is 34.6 Å². The lowest BCUT2D eigenvalue weighted by molar-refractivity contribution is -0.385. The van der Waals surface area contributed by atoms with E-state index in [9.17, 15) is 19.7 Å². The predicted octanol–water partition coefficient (Wildman–Crippen LogP) is 3.34. The van der Waals surface area contributed by atoms with Gasteiger partial charge in [0.05, 0.1) is 4.92 Å². The predicted molar refractivity (Wildman–Crippen MR) is 102 cm³/mol. The van der Waals surface area contributed by atoms with Gasteiger partial charge in [0.2, 0.25) is 5.91 Å². The molecule has 1 N–H and O–H groups in total. The Bertz CT molecular complexity index is 898. The summed E-state index contributed by atoms with van der Waals surface area (Å²) in [4.78, 5) is 36.8. The Hall–Kier alpha value is -2.93. The number of hydrogen-bond donors (Lipinski definition) is 1. The van der Waals surface area contributed by atoms with Crippen LogP contribution in [0.2, 0.25) is 5.02 Å². The Kier molecular flexibility index (Phi) is 5.41. The zero-order valence-electron chi connectivity index (χ0n) is 14.6. The average molecular weight is 388 g/mol. The first-order valence-corrected chi connectivity index (χ1v) is 8.82. The van der Waals surface area contributed by atoms with Crippen molar-refractivity contribution in [2.75, 3.05) is 18.0 Å². The van der Waals surface area contributed by atoms with Gasteiger partial charge in [-0.15, -0.1) is 0 Å². The summed E-state index contributed by atoms with van der Waals surface area (Å²) in [6, 6.07) is 11.5. The lowest BCUT2D eigenvalue weighted by Gasteiger charge is -2.17. The third-order valence-electron chi connectivity index (χ3n) is 4.50. The quantitative estimate of drug-likeness (QED) is 0.629. The molecule has 27 heavy (non-hydrogen) atoms. The molecule has 0 radical (unpaired) electrons. The first-order chi connectivity index (χ1) is 12.8. The number of nitrogens with one attached hydrogen (secondary N) is 1. The van der Waals surface area contributed by atoms with Gasteiger partial charge in [-0.3, -0.25) is 19.7 Å². The minimum Gasteiger partial charge on any atom is -0.351 e. The molecule has 7 nitrogen and oxygen atoms in total. The van der Waals surface area contributed by atoms with E-state index in [4.69, 9.17) is 11.6 Å². The van der Waals surface area contributed by atoms with Crippen LogP contribution >= 0.6 is 11.6 Å². The number of nitrogens with zero attached hydrogens (tertiary/aromatic N) is 2. The summed E-state index contributed by atoms with van der Waals surface area (Å²) in [5, 5.41) is 14.0. The van der Waals surface area contributed by atoms with Crippen LogP contribution in [0.15, 0.2) is 42.5 Å². The Morgan fingerprint density at radius 1 is 1.30 bits per heavy atom. The SMILES string of the molecule is Cc1ccc(N2CC(CNC(=O)c3cc(Cl)ccc3[N+](=O)[O-])CC2=O)cc1. The smallest absolute Gasteiger partial charge is 0.282 e. The monoisotopic (exact) mass is 387 g/mol. The highest BCUT2D eigenvalue weighted by Crippen LogP contribution is 2.26. The lowest BCUT2D eigenvalue weighted by atomic mass is 10.1. The summed E-state index contributed by atoms with van der Waals surface area (Å²) in [6.45, 7) is 2.71. The van der Waals surface area contributed by atoms with Gasteiger partial charge < -0.3 is 10.2 Å². The standard InChI is InChI=1S/C19H18ClN3O4/c1-12-2-5-15(6-3-12)22-11-13(8-18(22)24)10-21-19(25)16-9-14(20)4-7-17(16)23(26)27/h2-7,9,13H,8,10-11H2,1H3,(H,21,25). The van der Waals surface area contributed by atoms with Gasteiger partial charge in [0, 0.05) is 42.2 Å². The molecule has 1 heterocycles. The molecule has 0 aliphatic carbocycles. The number of amides is 2. The minimum atomic E-state index is -0.622. The van der Waals surface area contributed by atoms with E-state index >= 15 is 0 Å². The van der Waals surface area contributed by atoms with Crippen molar-refractivity contribution in [1.82, 2.24) is 5.32 Å². The van der Waals surface area contributed by atoms with Crippen LogP contribution in [0, 0.1) is 23.0 Å². The highest BCUT2D eigenvalue weighted by Gasteiger charge is 2.31. The maximum absolute atomic E-state index is 12.4. The summed E-state index contributed by atoms with van der Waals surface area (Å²) < 4.78 is 0. The van der Waals surface area contributed by atoms with Crippen LogP contribution in [-0.4, -0.2) is 29.8 Å². The molecule has 0 spiro atoms. The van der Waals surface area contributed by atoms with Crippen LogP contribution in [0.4, 0.5) is 11.4 Å². The van der Waals surface area contributed by atoms with E-state index in [0.717, 1.165) is 11.3 Å². The normalized spacial score (nSPS) is 16.4. The molecule has 2 aromatic rings. The summed E-state index contributed by atoms with van der Waals surface area (Å²) in [6.07, 6.45) is 0.311. The van der Waals surface area contributed by atoms with E-state index in [2.05, 4.69) is 5.32 Å². The van der Waals surface area contributed by atoms with Crippen molar-refractivity contribution < 1.29 is 14.5 Å². The Morgan fingerprint density at radius 2 is 2.00 bits per heavy atom. The van der Waals surface area contributed by atoms with Crippen molar-refractivity contribution in [2.45, 2.75) is 13.3 Å². The molecule has 1 aliphatic heterocycles. The highest BCUT2D eigenvalue weighted by molar-refractivity contribution is 6.31. The molecule has 1 unspecified atom stereocenters. The van der Waals surface area contributed by atoms with E-state index in [1.54, 1.807) is 4.90 Å². The average Bonchev–Trinajstić information content (AvgIpc) is 3.00. The summed E-state index contributed by atoms with van der Waals surface area (Å²) in [7, 11) is 0. The Labute approximate surface area is 161 Å². The van der Waals surface area contributed by atoms with Gasteiger partial charge in [-0.1, -0.05) is 29.3 Å². The van der Waals surface area contributed by atoms with Gasteiger partial charge in [-0.2, -0.15) is 0 Å². The second-order valence-electron chi connectivity index (χ2n) is 6.54. The second kappa shape index (κ2) is 7.75. The lowest BCUT2D eigenvalue weighted by Crippen LogP contribution is -2.31. The van der Waals surface area contributed by atoms with Crippen molar-refractivity contribution in [1.29, 1.82) is 0 Å². The fourth-order valence-electron chi connectivity index (χ4n) is 3.07. The largest absolute Gasteiger partial charge is 0.351 e. The summed E-state index contributed by atoms with van der Waals surface area (Å²) >= 11 is 5.86. The van der Waals surface area contributed by atoms with E-state index in [1.807, 2.05) is 31.2 Å². The maximum Gasteiger partial charge on any atom is 0.282 e. The molecular formula is C19H18ClN3O4. The Balaban J connectivity index is 1.65. The number of carbonyl (C=O) groups excluding carboxylic acids is 2. The molecule has 1 fully saturated rings.